The molecule has 1 aliphatic heterocycles. The average molecular weight is 362 g/mol. The second-order valence-electron chi connectivity index (χ2n) is 7.67. The molecule has 1 aliphatic rings. The zero-order valence-electron chi connectivity index (χ0n) is 16.2. The summed E-state index contributed by atoms with van der Waals surface area (Å²) in [4.78, 5) is 43.1. The van der Waals surface area contributed by atoms with Crippen molar-refractivity contribution in [3.63, 3.8) is 0 Å². The molecule has 3 heterocycles. The van der Waals surface area contributed by atoms with Crippen molar-refractivity contribution in [3.05, 3.63) is 26.7 Å². The SMILES string of the molecule is CC(=O)[C@H](C)n1c(C[NH+]2CCC(C)CC2)nc2c1c(=O)n(C)c(=O)n2C. The van der Waals surface area contributed by atoms with Crippen LogP contribution in [0.4, 0.5) is 0 Å². The van der Waals surface area contributed by atoms with Crippen LogP contribution in [0.2, 0.25) is 0 Å². The van der Waals surface area contributed by atoms with Gasteiger partial charge in [0.25, 0.3) is 5.56 Å². The fourth-order valence-electron chi connectivity index (χ4n) is 3.75. The predicted molar refractivity (Wildman–Crippen MR) is 98.4 cm³/mol. The predicted octanol–water partition coefficient (Wildman–Crippen LogP) is -0.601. The number of hydrogen-bond acceptors (Lipinski definition) is 4. The molecule has 1 fully saturated rings. The first kappa shape index (κ1) is 18.6. The number of rotatable bonds is 4. The first-order valence-corrected chi connectivity index (χ1v) is 9.23. The van der Waals surface area contributed by atoms with E-state index in [0.29, 0.717) is 23.5 Å². The minimum atomic E-state index is -0.497. The second kappa shape index (κ2) is 6.83. The van der Waals surface area contributed by atoms with Crippen LogP contribution in [0.15, 0.2) is 9.59 Å². The van der Waals surface area contributed by atoms with Gasteiger partial charge in [-0.15, -0.1) is 0 Å². The van der Waals surface area contributed by atoms with E-state index in [9.17, 15) is 14.4 Å². The third-order valence-corrected chi connectivity index (χ3v) is 5.73. The van der Waals surface area contributed by atoms with E-state index in [4.69, 9.17) is 0 Å². The summed E-state index contributed by atoms with van der Waals surface area (Å²) in [6.07, 6.45) is 2.33. The Bertz CT molecular complexity index is 960. The van der Waals surface area contributed by atoms with Crippen molar-refractivity contribution < 1.29 is 9.69 Å². The lowest BCUT2D eigenvalue weighted by Crippen LogP contribution is -3.11. The standard InChI is InChI=1S/C18H27N5O3/c1-11-6-8-22(9-7-11)10-14-19-16-15(23(14)12(2)13(3)24)17(25)21(5)18(26)20(16)4/h11-12H,6-10H2,1-5H3/p+1/t12-/m0/s1. The molecule has 2 aromatic heterocycles. The third kappa shape index (κ3) is 3.02. The van der Waals surface area contributed by atoms with Crippen LogP contribution in [0.1, 0.15) is 45.5 Å². The number of imidazole rings is 1. The molecule has 0 saturated carbocycles. The number of carbonyl (C=O) groups is 1. The van der Waals surface area contributed by atoms with Crippen LogP contribution >= 0.6 is 0 Å². The number of quaternary nitrogens is 1. The highest BCUT2D eigenvalue weighted by Gasteiger charge is 2.27. The van der Waals surface area contributed by atoms with Gasteiger partial charge in [0, 0.05) is 14.1 Å². The van der Waals surface area contributed by atoms with Crippen LogP contribution in [-0.2, 0) is 25.4 Å². The van der Waals surface area contributed by atoms with Gasteiger partial charge in [-0.2, -0.15) is 0 Å². The molecular weight excluding hydrogens is 334 g/mol. The molecule has 142 valence electrons. The number of piperidine rings is 1. The van der Waals surface area contributed by atoms with E-state index in [0.717, 1.165) is 36.4 Å². The number of Topliss-reactive ketones (excluding diaryl/α,β-unsaturated/α-hetero) is 1. The number of fused-ring (bicyclic) bond motifs is 1. The molecule has 1 N–H and O–H groups in total. The van der Waals surface area contributed by atoms with E-state index >= 15 is 0 Å². The fraction of sp³-hybridized carbons (Fsp3) is 0.667. The summed E-state index contributed by atoms with van der Waals surface area (Å²) in [5, 5.41) is 0. The summed E-state index contributed by atoms with van der Waals surface area (Å²) in [6, 6.07) is -0.497. The molecule has 8 heteroatoms. The molecule has 26 heavy (non-hydrogen) atoms. The maximum absolute atomic E-state index is 12.8. The molecule has 3 rings (SSSR count). The van der Waals surface area contributed by atoms with Crippen molar-refractivity contribution >= 4 is 16.9 Å². The Labute approximate surface area is 152 Å². The largest absolute Gasteiger partial charge is 0.332 e. The van der Waals surface area contributed by atoms with Crippen LogP contribution in [0.25, 0.3) is 11.2 Å². The normalized spacial score (nSPS) is 21.9. The van der Waals surface area contributed by atoms with Gasteiger partial charge in [-0.3, -0.25) is 18.7 Å². The molecule has 0 amide bonds. The van der Waals surface area contributed by atoms with Gasteiger partial charge in [0.05, 0.1) is 19.1 Å². The van der Waals surface area contributed by atoms with Gasteiger partial charge >= 0.3 is 5.69 Å². The molecule has 0 aliphatic carbocycles. The average Bonchev–Trinajstić information content (AvgIpc) is 2.98. The zero-order valence-corrected chi connectivity index (χ0v) is 16.2. The van der Waals surface area contributed by atoms with Crippen molar-refractivity contribution in [3.8, 4) is 0 Å². The summed E-state index contributed by atoms with van der Waals surface area (Å²) in [5.41, 5.74) is -0.131. The lowest BCUT2D eigenvalue weighted by molar-refractivity contribution is -0.920. The lowest BCUT2D eigenvalue weighted by atomic mass is 9.99. The smallest absolute Gasteiger partial charge is 0.329 e. The summed E-state index contributed by atoms with van der Waals surface area (Å²) in [6.45, 7) is 8.32. The number of likely N-dealkylation sites (tertiary alicyclic amines) is 1. The number of ketones is 1. The van der Waals surface area contributed by atoms with Crippen LogP contribution < -0.4 is 16.1 Å². The second-order valence-corrected chi connectivity index (χ2v) is 7.67. The Kier molecular flexibility index (Phi) is 4.88. The number of nitrogens with zero attached hydrogens (tertiary/aromatic N) is 4. The Balaban J connectivity index is 2.18. The van der Waals surface area contributed by atoms with Crippen LogP contribution in [0, 0.1) is 5.92 Å². The number of aryl methyl sites for hydroxylation is 1. The van der Waals surface area contributed by atoms with Crippen LogP contribution in [0.5, 0.6) is 0 Å². The number of hydrogen-bond donors (Lipinski definition) is 1. The monoisotopic (exact) mass is 362 g/mol. The molecular formula is C18H28N5O3+. The molecule has 2 aromatic rings. The molecule has 0 aromatic carbocycles. The quantitative estimate of drug-likeness (QED) is 0.787. The highest BCUT2D eigenvalue weighted by atomic mass is 16.2. The first-order valence-electron chi connectivity index (χ1n) is 9.23. The number of aromatic nitrogens is 4. The highest BCUT2D eigenvalue weighted by molar-refractivity contribution is 5.82. The molecule has 1 atom stereocenters. The Morgan fingerprint density at radius 1 is 1.23 bits per heavy atom. The Morgan fingerprint density at radius 2 is 1.85 bits per heavy atom. The lowest BCUT2D eigenvalue weighted by Gasteiger charge is -2.27. The summed E-state index contributed by atoms with van der Waals surface area (Å²) >= 11 is 0. The van der Waals surface area contributed by atoms with Crippen molar-refractivity contribution in [1.82, 2.24) is 18.7 Å². The van der Waals surface area contributed by atoms with Gasteiger partial charge in [-0.25, -0.2) is 9.78 Å². The molecule has 8 nitrogen and oxygen atoms in total. The zero-order chi connectivity index (χ0) is 19.2. The van der Waals surface area contributed by atoms with Crippen molar-refractivity contribution in [1.29, 1.82) is 0 Å². The molecule has 1 saturated heterocycles. The molecule has 0 unspecified atom stereocenters. The van der Waals surface area contributed by atoms with Gasteiger partial charge in [0.15, 0.2) is 22.8 Å². The van der Waals surface area contributed by atoms with E-state index in [2.05, 4.69) is 11.9 Å². The number of nitrogens with one attached hydrogen (secondary N) is 1. The van der Waals surface area contributed by atoms with Gasteiger partial charge in [0.1, 0.15) is 6.54 Å². The van der Waals surface area contributed by atoms with E-state index in [1.54, 1.807) is 18.5 Å². The van der Waals surface area contributed by atoms with E-state index in [1.807, 2.05) is 0 Å². The Hall–Kier alpha value is -2.22. The maximum atomic E-state index is 12.8. The summed E-state index contributed by atoms with van der Waals surface area (Å²) in [7, 11) is 3.07. The first-order chi connectivity index (χ1) is 12.2. The van der Waals surface area contributed by atoms with E-state index in [1.165, 1.54) is 23.4 Å². The minimum Gasteiger partial charge on any atom is -0.329 e. The van der Waals surface area contributed by atoms with Gasteiger partial charge in [0.2, 0.25) is 0 Å². The van der Waals surface area contributed by atoms with Gasteiger partial charge in [-0.1, -0.05) is 6.92 Å². The minimum absolute atomic E-state index is 0.0382. The van der Waals surface area contributed by atoms with Gasteiger partial charge in [-0.05, 0) is 32.6 Å². The topological polar surface area (TPSA) is 83.3 Å². The van der Waals surface area contributed by atoms with Gasteiger partial charge < -0.3 is 9.47 Å². The molecule has 0 spiro atoms. The summed E-state index contributed by atoms with van der Waals surface area (Å²) < 4.78 is 4.20. The van der Waals surface area contributed by atoms with Crippen LogP contribution in [-0.4, -0.2) is 37.6 Å². The number of carbonyl (C=O) groups excluding carboxylic acids is 1. The van der Waals surface area contributed by atoms with E-state index in [-0.39, 0.29) is 5.78 Å². The summed E-state index contributed by atoms with van der Waals surface area (Å²) in [5.74, 6) is 1.40. The van der Waals surface area contributed by atoms with Crippen molar-refractivity contribution in [2.45, 2.75) is 46.2 Å². The molecule has 0 radical (unpaired) electrons. The van der Waals surface area contributed by atoms with Crippen molar-refractivity contribution in [2.24, 2.45) is 20.0 Å². The molecule has 0 bridgehead atoms. The fourth-order valence-corrected chi connectivity index (χ4v) is 3.75. The van der Waals surface area contributed by atoms with E-state index < -0.39 is 17.3 Å². The maximum Gasteiger partial charge on any atom is 0.332 e. The highest BCUT2D eigenvalue weighted by Crippen LogP contribution is 2.18. The van der Waals surface area contributed by atoms with Crippen molar-refractivity contribution in [2.75, 3.05) is 13.1 Å². The Morgan fingerprint density at radius 3 is 2.42 bits per heavy atom. The third-order valence-electron chi connectivity index (χ3n) is 5.73. The van der Waals surface area contributed by atoms with Crippen LogP contribution in [0.3, 0.4) is 0 Å².